The molecule has 7 nitrogen and oxygen atoms in total. The van der Waals surface area contributed by atoms with Crippen LogP contribution in [-0.2, 0) is 11.2 Å². The molecular weight excluding hydrogens is 384 g/mol. The van der Waals surface area contributed by atoms with Gasteiger partial charge in [-0.25, -0.2) is 9.97 Å². The molecule has 2 amide bonds. The van der Waals surface area contributed by atoms with E-state index in [0.29, 0.717) is 27.3 Å². The monoisotopic (exact) mass is 398 g/mol. The third-order valence-electron chi connectivity index (χ3n) is 3.76. The normalized spacial score (nSPS) is 10.9. The minimum Gasteiger partial charge on any atom is -0.469 e. The number of furan rings is 1. The number of anilines is 2. The van der Waals surface area contributed by atoms with Crippen LogP contribution in [0.25, 0.3) is 10.2 Å². The van der Waals surface area contributed by atoms with Gasteiger partial charge in [0.05, 0.1) is 34.2 Å². The zero-order chi connectivity index (χ0) is 18.8. The van der Waals surface area contributed by atoms with E-state index in [1.807, 2.05) is 24.3 Å². The van der Waals surface area contributed by atoms with Gasteiger partial charge in [-0.15, -0.1) is 11.3 Å². The van der Waals surface area contributed by atoms with Crippen LogP contribution in [0.3, 0.4) is 0 Å². The first-order chi connectivity index (χ1) is 13.1. The lowest BCUT2D eigenvalue weighted by Crippen LogP contribution is -2.15. The molecule has 1 aromatic carbocycles. The van der Waals surface area contributed by atoms with Crippen LogP contribution in [0.2, 0.25) is 0 Å². The van der Waals surface area contributed by atoms with E-state index in [-0.39, 0.29) is 18.2 Å². The van der Waals surface area contributed by atoms with Crippen molar-refractivity contribution in [2.45, 2.75) is 13.3 Å². The van der Waals surface area contributed by atoms with Gasteiger partial charge in [0.15, 0.2) is 10.3 Å². The highest BCUT2D eigenvalue weighted by Gasteiger charge is 2.15. The van der Waals surface area contributed by atoms with Gasteiger partial charge in [0, 0.05) is 5.38 Å². The molecule has 0 spiro atoms. The maximum atomic E-state index is 12.2. The molecule has 3 heterocycles. The lowest BCUT2D eigenvalue weighted by molar-refractivity contribution is -0.115. The van der Waals surface area contributed by atoms with Gasteiger partial charge in [-0.1, -0.05) is 23.5 Å². The number of carbonyl (C=O) groups excluding carboxylic acids is 2. The van der Waals surface area contributed by atoms with Crippen molar-refractivity contribution in [3.05, 3.63) is 59.0 Å². The Balaban J connectivity index is 1.37. The van der Waals surface area contributed by atoms with Crippen LogP contribution in [0, 0.1) is 6.92 Å². The van der Waals surface area contributed by atoms with Gasteiger partial charge in [0.25, 0.3) is 5.91 Å². The van der Waals surface area contributed by atoms with Crippen LogP contribution in [0.1, 0.15) is 21.8 Å². The smallest absolute Gasteiger partial charge is 0.260 e. The second-order valence-corrected chi connectivity index (χ2v) is 7.59. The van der Waals surface area contributed by atoms with Crippen molar-refractivity contribution >= 4 is 55.0 Å². The molecule has 0 aliphatic heterocycles. The highest BCUT2D eigenvalue weighted by Crippen LogP contribution is 2.25. The number of amides is 2. The van der Waals surface area contributed by atoms with Gasteiger partial charge in [0.2, 0.25) is 5.91 Å². The zero-order valence-corrected chi connectivity index (χ0v) is 15.8. The fourth-order valence-electron chi connectivity index (χ4n) is 2.48. The molecule has 0 bridgehead atoms. The fourth-order valence-corrected chi connectivity index (χ4v) is 4.07. The lowest BCUT2D eigenvalue weighted by atomic mass is 10.2. The SMILES string of the molecule is Cc1occc1C(=O)Nc1nc(CC(=O)Nc2nc3ccccc3s2)cs1. The summed E-state index contributed by atoms with van der Waals surface area (Å²) in [6.07, 6.45) is 1.57. The van der Waals surface area contributed by atoms with Crippen LogP contribution < -0.4 is 10.6 Å². The van der Waals surface area contributed by atoms with Gasteiger partial charge < -0.3 is 9.73 Å². The maximum absolute atomic E-state index is 12.2. The molecule has 3 aromatic heterocycles. The summed E-state index contributed by atoms with van der Waals surface area (Å²) in [4.78, 5) is 33.1. The average Bonchev–Trinajstić information content (AvgIpc) is 3.34. The van der Waals surface area contributed by atoms with E-state index >= 15 is 0 Å². The average molecular weight is 398 g/mol. The van der Waals surface area contributed by atoms with Crippen molar-refractivity contribution in [3.8, 4) is 0 Å². The molecule has 0 radical (unpaired) electrons. The van der Waals surface area contributed by atoms with Crippen molar-refractivity contribution in [2.24, 2.45) is 0 Å². The first-order valence-electron chi connectivity index (χ1n) is 8.04. The van der Waals surface area contributed by atoms with Crippen LogP contribution in [-0.4, -0.2) is 21.8 Å². The summed E-state index contributed by atoms with van der Waals surface area (Å²) in [5.74, 6) is 0.0449. The van der Waals surface area contributed by atoms with Crippen molar-refractivity contribution in [1.82, 2.24) is 9.97 Å². The largest absolute Gasteiger partial charge is 0.469 e. The van der Waals surface area contributed by atoms with Gasteiger partial charge in [-0.2, -0.15) is 0 Å². The Morgan fingerprint density at radius 3 is 2.74 bits per heavy atom. The van der Waals surface area contributed by atoms with Gasteiger partial charge in [-0.05, 0) is 25.1 Å². The molecule has 0 aliphatic carbocycles. The Morgan fingerprint density at radius 1 is 1.11 bits per heavy atom. The first kappa shape index (κ1) is 17.4. The predicted molar refractivity (Wildman–Crippen MR) is 105 cm³/mol. The molecule has 0 aliphatic rings. The summed E-state index contributed by atoms with van der Waals surface area (Å²) in [5, 5.41) is 8.24. The maximum Gasteiger partial charge on any atom is 0.260 e. The Labute approximate surface area is 162 Å². The first-order valence-corrected chi connectivity index (χ1v) is 9.73. The van der Waals surface area contributed by atoms with Crippen LogP contribution in [0.5, 0.6) is 0 Å². The summed E-state index contributed by atoms with van der Waals surface area (Å²) in [6.45, 7) is 1.72. The van der Waals surface area contributed by atoms with E-state index in [2.05, 4.69) is 20.6 Å². The second kappa shape index (κ2) is 7.29. The quantitative estimate of drug-likeness (QED) is 0.528. The van der Waals surface area contributed by atoms with Crippen molar-refractivity contribution in [1.29, 1.82) is 0 Å². The number of rotatable bonds is 5. The lowest BCUT2D eigenvalue weighted by Gasteiger charge is -2.00. The number of carbonyl (C=O) groups is 2. The number of aryl methyl sites for hydroxylation is 1. The Kier molecular flexibility index (Phi) is 4.69. The fraction of sp³-hybridized carbons (Fsp3) is 0.111. The molecule has 136 valence electrons. The summed E-state index contributed by atoms with van der Waals surface area (Å²) in [7, 11) is 0. The second-order valence-electron chi connectivity index (χ2n) is 5.70. The van der Waals surface area contributed by atoms with Crippen LogP contribution in [0.4, 0.5) is 10.3 Å². The molecule has 2 N–H and O–H groups in total. The number of benzene rings is 1. The molecule has 0 fully saturated rings. The standard InChI is InChI=1S/C18H14N4O3S2/c1-10-12(6-7-25-10)16(24)22-17-19-11(9-26-17)8-15(23)21-18-20-13-4-2-3-5-14(13)27-18/h2-7,9H,8H2,1H3,(H,19,22,24)(H,20,21,23). The Bertz CT molecular complexity index is 1100. The Morgan fingerprint density at radius 2 is 1.96 bits per heavy atom. The zero-order valence-electron chi connectivity index (χ0n) is 14.2. The van der Waals surface area contributed by atoms with Crippen molar-refractivity contribution < 1.29 is 14.0 Å². The van der Waals surface area contributed by atoms with Gasteiger partial charge >= 0.3 is 0 Å². The number of thiazole rings is 2. The number of aromatic nitrogens is 2. The summed E-state index contributed by atoms with van der Waals surface area (Å²) in [6, 6.07) is 9.30. The minimum atomic E-state index is -0.291. The number of hydrogen-bond acceptors (Lipinski definition) is 7. The number of hydrogen-bond donors (Lipinski definition) is 2. The van der Waals surface area contributed by atoms with E-state index in [0.717, 1.165) is 10.2 Å². The molecule has 0 saturated carbocycles. The number of nitrogens with zero attached hydrogens (tertiary/aromatic N) is 2. The molecule has 4 rings (SSSR count). The van der Waals surface area contributed by atoms with E-state index in [1.165, 1.54) is 28.9 Å². The van der Waals surface area contributed by atoms with Crippen LogP contribution >= 0.6 is 22.7 Å². The highest BCUT2D eigenvalue weighted by atomic mass is 32.1. The van der Waals surface area contributed by atoms with E-state index in [4.69, 9.17) is 4.42 Å². The molecular formula is C18H14N4O3S2. The van der Waals surface area contributed by atoms with Crippen molar-refractivity contribution in [3.63, 3.8) is 0 Å². The highest BCUT2D eigenvalue weighted by molar-refractivity contribution is 7.22. The third kappa shape index (κ3) is 3.88. The van der Waals surface area contributed by atoms with E-state index in [1.54, 1.807) is 18.4 Å². The minimum absolute atomic E-state index is 0.104. The third-order valence-corrected chi connectivity index (χ3v) is 5.52. The summed E-state index contributed by atoms with van der Waals surface area (Å²) in [5.41, 5.74) is 1.89. The topological polar surface area (TPSA) is 97.1 Å². The van der Waals surface area contributed by atoms with Crippen LogP contribution in [0.15, 0.2) is 46.4 Å². The molecule has 4 aromatic rings. The molecule has 0 unspecified atom stereocenters. The molecule has 27 heavy (non-hydrogen) atoms. The Hall–Kier alpha value is -3.04. The van der Waals surface area contributed by atoms with Gasteiger partial charge in [0.1, 0.15) is 5.76 Å². The van der Waals surface area contributed by atoms with E-state index < -0.39 is 0 Å². The number of para-hydroxylation sites is 1. The predicted octanol–water partition coefficient (Wildman–Crippen LogP) is 4.09. The summed E-state index contributed by atoms with van der Waals surface area (Å²) < 4.78 is 6.14. The van der Waals surface area contributed by atoms with E-state index in [9.17, 15) is 9.59 Å². The molecule has 0 atom stereocenters. The van der Waals surface area contributed by atoms with Gasteiger partial charge in [-0.3, -0.25) is 14.9 Å². The number of fused-ring (bicyclic) bond motifs is 1. The summed E-state index contributed by atoms with van der Waals surface area (Å²) >= 11 is 2.69. The molecule has 9 heteroatoms. The number of nitrogens with one attached hydrogen (secondary N) is 2. The molecule has 0 saturated heterocycles. The van der Waals surface area contributed by atoms with Crippen molar-refractivity contribution in [2.75, 3.05) is 10.6 Å².